The minimum Gasteiger partial charge on any atom is -0.317 e. The average Bonchev–Trinajstić information content (AvgIpc) is 2.62. The van der Waals surface area contributed by atoms with Gasteiger partial charge in [-0.1, -0.05) is 12.2 Å². The van der Waals surface area contributed by atoms with Crippen LogP contribution in [0.15, 0.2) is 24.3 Å². The van der Waals surface area contributed by atoms with E-state index in [-0.39, 0.29) is 11.8 Å². The summed E-state index contributed by atoms with van der Waals surface area (Å²) in [5.74, 6) is 0.102. The number of hydrogen-bond donors (Lipinski definition) is 1. The summed E-state index contributed by atoms with van der Waals surface area (Å²) >= 11 is 0. The van der Waals surface area contributed by atoms with E-state index >= 15 is 0 Å². The van der Waals surface area contributed by atoms with Crippen LogP contribution in [0.4, 0.5) is 0 Å². The van der Waals surface area contributed by atoms with Crippen molar-refractivity contribution < 1.29 is 9.59 Å². The monoisotopic (exact) mass is 248 g/mol. The van der Waals surface area contributed by atoms with Crippen LogP contribution in [0.2, 0.25) is 0 Å². The van der Waals surface area contributed by atoms with Crippen LogP contribution in [-0.2, 0) is 9.59 Å². The van der Waals surface area contributed by atoms with Gasteiger partial charge in [0, 0.05) is 6.54 Å². The quantitative estimate of drug-likeness (QED) is 0.748. The van der Waals surface area contributed by atoms with Crippen LogP contribution < -0.4 is 5.32 Å². The van der Waals surface area contributed by atoms with E-state index in [4.69, 9.17) is 0 Å². The van der Waals surface area contributed by atoms with Crippen molar-refractivity contribution in [3.8, 4) is 0 Å². The first kappa shape index (κ1) is 13.0. The lowest BCUT2D eigenvalue weighted by molar-refractivity contribution is -0.138. The molecule has 2 aliphatic heterocycles. The van der Waals surface area contributed by atoms with E-state index in [1.165, 1.54) is 11.0 Å². The Morgan fingerprint density at radius 3 is 2.94 bits per heavy atom. The fraction of sp³-hybridized carbons (Fsp3) is 0.571. The topological polar surface area (TPSA) is 49.4 Å². The molecule has 2 aliphatic rings. The van der Waals surface area contributed by atoms with Crippen LogP contribution in [0, 0.1) is 5.92 Å². The standard InChI is InChI=1S/C14H20N2O2/c17-13-4-2-1-3-11-16(13)14(18)6-5-12-7-9-15-10-8-12/h2,4-6,12,15H,1,3,7-11H2. The van der Waals surface area contributed by atoms with Crippen LogP contribution in [0.25, 0.3) is 0 Å². The SMILES string of the molecule is O=C1C=CCCCN1C(=O)C=CC1CCNCC1. The van der Waals surface area contributed by atoms with E-state index in [1.54, 1.807) is 6.08 Å². The van der Waals surface area contributed by atoms with Crippen molar-refractivity contribution in [3.05, 3.63) is 24.3 Å². The zero-order chi connectivity index (χ0) is 12.8. The Hall–Kier alpha value is -1.42. The highest BCUT2D eigenvalue weighted by Crippen LogP contribution is 2.13. The van der Waals surface area contributed by atoms with Crippen molar-refractivity contribution in [2.75, 3.05) is 19.6 Å². The Kier molecular flexibility index (Phi) is 4.70. The molecule has 0 atom stereocenters. The highest BCUT2D eigenvalue weighted by molar-refractivity contribution is 6.05. The summed E-state index contributed by atoms with van der Waals surface area (Å²) in [4.78, 5) is 25.0. The van der Waals surface area contributed by atoms with Gasteiger partial charge in [0.05, 0.1) is 0 Å². The highest BCUT2D eigenvalue weighted by atomic mass is 16.2. The number of hydrogen-bond acceptors (Lipinski definition) is 3. The normalized spacial score (nSPS) is 22.4. The average molecular weight is 248 g/mol. The van der Waals surface area contributed by atoms with Crippen LogP contribution in [0.1, 0.15) is 25.7 Å². The first-order chi connectivity index (χ1) is 8.77. The number of allylic oxidation sites excluding steroid dienone is 2. The van der Waals surface area contributed by atoms with Crippen LogP contribution in [0.5, 0.6) is 0 Å². The molecule has 0 aromatic heterocycles. The number of carbonyl (C=O) groups excluding carboxylic acids is 2. The molecule has 1 fully saturated rings. The maximum absolute atomic E-state index is 12.0. The second-order valence-corrected chi connectivity index (χ2v) is 4.82. The van der Waals surface area contributed by atoms with E-state index < -0.39 is 0 Å². The van der Waals surface area contributed by atoms with Gasteiger partial charge in [-0.05, 0) is 56.8 Å². The van der Waals surface area contributed by atoms with Crippen LogP contribution >= 0.6 is 0 Å². The lowest BCUT2D eigenvalue weighted by Gasteiger charge is -2.20. The zero-order valence-corrected chi connectivity index (χ0v) is 10.6. The maximum Gasteiger partial charge on any atom is 0.253 e. The van der Waals surface area contributed by atoms with Crippen molar-refractivity contribution >= 4 is 11.8 Å². The second kappa shape index (κ2) is 6.50. The van der Waals surface area contributed by atoms with E-state index in [1.807, 2.05) is 12.2 Å². The number of nitrogens with zero attached hydrogens (tertiary/aromatic N) is 1. The third-order valence-corrected chi connectivity index (χ3v) is 3.44. The molecule has 4 nitrogen and oxygen atoms in total. The van der Waals surface area contributed by atoms with Gasteiger partial charge >= 0.3 is 0 Å². The third kappa shape index (κ3) is 3.53. The van der Waals surface area contributed by atoms with Gasteiger partial charge in [-0.2, -0.15) is 0 Å². The Labute approximate surface area is 108 Å². The highest BCUT2D eigenvalue weighted by Gasteiger charge is 2.18. The Bertz CT molecular complexity index is 368. The Balaban J connectivity index is 1.91. The predicted octanol–water partition coefficient (Wildman–Crippen LogP) is 1.25. The molecule has 0 bridgehead atoms. The Morgan fingerprint density at radius 2 is 2.17 bits per heavy atom. The van der Waals surface area contributed by atoms with Crippen molar-refractivity contribution in [1.29, 1.82) is 0 Å². The molecule has 0 radical (unpaired) electrons. The first-order valence-electron chi connectivity index (χ1n) is 6.68. The van der Waals surface area contributed by atoms with Crippen molar-refractivity contribution in [2.24, 2.45) is 5.92 Å². The molecule has 0 spiro atoms. The molecular weight excluding hydrogens is 228 g/mol. The molecular formula is C14H20N2O2. The number of rotatable bonds is 2. The molecule has 0 aliphatic carbocycles. The zero-order valence-electron chi connectivity index (χ0n) is 10.6. The Morgan fingerprint density at radius 1 is 1.39 bits per heavy atom. The summed E-state index contributed by atoms with van der Waals surface area (Å²) in [5, 5.41) is 3.29. The minimum atomic E-state index is -0.188. The molecule has 1 saturated heterocycles. The van der Waals surface area contributed by atoms with Crippen molar-refractivity contribution in [1.82, 2.24) is 10.2 Å². The maximum atomic E-state index is 12.0. The number of imide groups is 1. The second-order valence-electron chi connectivity index (χ2n) is 4.82. The largest absolute Gasteiger partial charge is 0.317 e. The molecule has 18 heavy (non-hydrogen) atoms. The van der Waals surface area contributed by atoms with E-state index in [2.05, 4.69) is 5.32 Å². The smallest absolute Gasteiger partial charge is 0.253 e. The number of amides is 2. The van der Waals surface area contributed by atoms with Gasteiger partial charge in [-0.3, -0.25) is 14.5 Å². The van der Waals surface area contributed by atoms with Gasteiger partial charge < -0.3 is 5.32 Å². The molecule has 0 unspecified atom stereocenters. The summed E-state index contributed by atoms with van der Waals surface area (Å²) in [6, 6.07) is 0. The van der Waals surface area contributed by atoms with E-state index in [0.717, 1.165) is 38.8 Å². The molecule has 98 valence electrons. The van der Waals surface area contributed by atoms with Crippen molar-refractivity contribution in [3.63, 3.8) is 0 Å². The summed E-state index contributed by atoms with van der Waals surface area (Å²) < 4.78 is 0. The number of carbonyl (C=O) groups is 2. The van der Waals surface area contributed by atoms with Gasteiger partial charge in [-0.25, -0.2) is 0 Å². The first-order valence-corrected chi connectivity index (χ1v) is 6.68. The molecule has 4 heteroatoms. The van der Waals surface area contributed by atoms with Crippen LogP contribution in [0.3, 0.4) is 0 Å². The molecule has 2 amide bonds. The van der Waals surface area contributed by atoms with Gasteiger partial charge in [0.1, 0.15) is 0 Å². The van der Waals surface area contributed by atoms with Gasteiger partial charge in [0.25, 0.3) is 11.8 Å². The summed E-state index contributed by atoms with van der Waals surface area (Å²) in [7, 11) is 0. The van der Waals surface area contributed by atoms with Crippen LogP contribution in [-0.4, -0.2) is 36.3 Å². The van der Waals surface area contributed by atoms with E-state index in [9.17, 15) is 9.59 Å². The number of nitrogens with one attached hydrogen (secondary N) is 1. The van der Waals surface area contributed by atoms with Gasteiger partial charge in [0.2, 0.25) is 0 Å². The molecule has 0 saturated carbocycles. The molecule has 2 heterocycles. The van der Waals surface area contributed by atoms with Gasteiger partial charge in [0.15, 0.2) is 0 Å². The predicted molar refractivity (Wildman–Crippen MR) is 69.8 cm³/mol. The number of piperidine rings is 1. The molecule has 0 aromatic carbocycles. The molecule has 1 N–H and O–H groups in total. The molecule has 0 aromatic rings. The fourth-order valence-electron chi connectivity index (χ4n) is 2.32. The van der Waals surface area contributed by atoms with E-state index in [0.29, 0.717) is 12.5 Å². The summed E-state index contributed by atoms with van der Waals surface area (Å²) in [6.07, 6.45) is 10.7. The third-order valence-electron chi connectivity index (χ3n) is 3.44. The fourth-order valence-corrected chi connectivity index (χ4v) is 2.32. The lowest BCUT2D eigenvalue weighted by Crippen LogP contribution is -2.34. The van der Waals surface area contributed by atoms with Crippen molar-refractivity contribution in [2.45, 2.75) is 25.7 Å². The summed E-state index contributed by atoms with van der Waals surface area (Å²) in [5.41, 5.74) is 0. The minimum absolute atomic E-state index is 0.176. The molecule has 2 rings (SSSR count). The summed E-state index contributed by atoms with van der Waals surface area (Å²) in [6.45, 7) is 2.55. The lowest BCUT2D eigenvalue weighted by atomic mass is 9.98. The van der Waals surface area contributed by atoms with Gasteiger partial charge in [-0.15, -0.1) is 0 Å².